The highest BCUT2D eigenvalue weighted by Gasteiger charge is 2.19. The molecule has 1 unspecified atom stereocenters. The fourth-order valence-corrected chi connectivity index (χ4v) is 1.08. The van der Waals surface area contributed by atoms with E-state index in [4.69, 9.17) is 15.3 Å². The van der Waals surface area contributed by atoms with Crippen molar-refractivity contribution in [3.05, 3.63) is 0 Å². The lowest BCUT2D eigenvalue weighted by molar-refractivity contribution is -0.140. The molecule has 0 rings (SSSR count). The van der Waals surface area contributed by atoms with Crippen molar-refractivity contribution in [3.8, 4) is 0 Å². The number of rotatable bonds is 8. The number of carboxylic acids is 3. The van der Waals surface area contributed by atoms with Crippen molar-refractivity contribution in [1.29, 1.82) is 0 Å². The molecular formula is C9H14N2O7. The fourth-order valence-electron chi connectivity index (χ4n) is 1.08. The van der Waals surface area contributed by atoms with Crippen LogP contribution in [-0.2, 0) is 14.4 Å². The van der Waals surface area contributed by atoms with Gasteiger partial charge in [-0.25, -0.2) is 9.59 Å². The monoisotopic (exact) mass is 262 g/mol. The predicted octanol–water partition coefficient (Wildman–Crippen LogP) is -0.922. The van der Waals surface area contributed by atoms with Crippen molar-refractivity contribution < 1.29 is 34.5 Å². The highest BCUT2D eigenvalue weighted by Crippen LogP contribution is 2.01. The molecule has 0 fully saturated rings. The highest BCUT2D eigenvalue weighted by molar-refractivity contribution is 5.84. The summed E-state index contributed by atoms with van der Waals surface area (Å²) < 4.78 is 0. The number of carbonyl (C=O) groups excluding carboxylic acids is 1. The summed E-state index contributed by atoms with van der Waals surface area (Å²) in [5.74, 6) is -3.64. The number of carboxylic acid groups (broad SMARTS) is 3. The molecule has 0 aromatic rings. The largest absolute Gasteiger partial charge is 0.481 e. The first-order valence-corrected chi connectivity index (χ1v) is 5.03. The van der Waals surface area contributed by atoms with Crippen molar-refractivity contribution in [3.63, 3.8) is 0 Å². The van der Waals surface area contributed by atoms with Gasteiger partial charge in [0.25, 0.3) is 0 Å². The maximum Gasteiger partial charge on any atom is 0.326 e. The molecule has 1 atom stereocenters. The van der Waals surface area contributed by atoms with Crippen LogP contribution in [0.25, 0.3) is 0 Å². The molecule has 102 valence electrons. The van der Waals surface area contributed by atoms with Gasteiger partial charge in [-0.2, -0.15) is 0 Å². The van der Waals surface area contributed by atoms with Crippen LogP contribution in [0.3, 0.4) is 0 Å². The Labute approximate surface area is 102 Å². The third-order valence-electron chi connectivity index (χ3n) is 1.89. The molecule has 0 saturated carbocycles. The molecule has 9 heteroatoms. The predicted molar refractivity (Wildman–Crippen MR) is 57.1 cm³/mol. The van der Waals surface area contributed by atoms with E-state index in [1.165, 1.54) is 0 Å². The van der Waals surface area contributed by atoms with E-state index in [0.717, 1.165) is 0 Å². The van der Waals surface area contributed by atoms with E-state index in [2.05, 4.69) is 0 Å². The topological polar surface area (TPSA) is 153 Å². The number of carbonyl (C=O) groups is 4. The van der Waals surface area contributed by atoms with Crippen molar-refractivity contribution >= 4 is 23.9 Å². The van der Waals surface area contributed by atoms with E-state index in [-0.39, 0.29) is 19.3 Å². The molecule has 0 aliphatic carbocycles. The van der Waals surface area contributed by atoms with E-state index >= 15 is 0 Å². The van der Waals surface area contributed by atoms with E-state index in [1.54, 1.807) is 0 Å². The summed E-state index contributed by atoms with van der Waals surface area (Å²) in [6, 6.07) is -2.18. The highest BCUT2D eigenvalue weighted by atomic mass is 16.4. The Bertz CT molecular complexity index is 342. The number of amides is 2. The first kappa shape index (κ1) is 15.7. The van der Waals surface area contributed by atoms with Crippen LogP contribution in [0, 0.1) is 0 Å². The van der Waals surface area contributed by atoms with Gasteiger partial charge in [0.15, 0.2) is 0 Å². The molecule has 0 radical (unpaired) electrons. The van der Waals surface area contributed by atoms with Gasteiger partial charge in [0, 0.05) is 6.42 Å². The Morgan fingerprint density at radius 2 is 1.61 bits per heavy atom. The van der Waals surface area contributed by atoms with Crippen LogP contribution in [0.1, 0.15) is 19.3 Å². The summed E-state index contributed by atoms with van der Waals surface area (Å²) in [7, 11) is 0. The average Bonchev–Trinajstić information content (AvgIpc) is 2.24. The molecule has 0 aromatic carbocycles. The number of aliphatic carboxylic acids is 3. The molecule has 18 heavy (non-hydrogen) atoms. The Hall–Kier alpha value is -2.32. The number of nitrogens with one attached hydrogen (secondary N) is 2. The SMILES string of the molecule is O=C(O)CCCC(NC(=O)NCC(=O)O)C(=O)O. The van der Waals surface area contributed by atoms with Gasteiger partial charge in [-0.3, -0.25) is 9.59 Å². The lowest BCUT2D eigenvalue weighted by Gasteiger charge is -2.13. The molecule has 0 aromatic heterocycles. The minimum atomic E-state index is -1.31. The van der Waals surface area contributed by atoms with E-state index in [1.807, 2.05) is 10.6 Å². The number of hydrogen-bond donors (Lipinski definition) is 5. The molecule has 0 heterocycles. The Morgan fingerprint density at radius 3 is 2.06 bits per heavy atom. The van der Waals surface area contributed by atoms with Gasteiger partial charge in [0.1, 0.15) is 12.6 Å². The van der Waals surface area contributed by atoms with Crippen molar-refractivity contribution in [2.45, 2.75) is 25.3 Å². The summed E-state index contributed by atoms with van der Waals surface area (Å²) in [5.41, 5.74) is 0. The number of urea groups is 1. The molecule has 0 bridgehead atoms. The van der Waals surface area contributed by atoms with Crippen LogP contribution in [0.15, 0.2) is 0 Å². The molecule has 0 saturated heterocycles. The van der Waals surface area contributed by atoms with E-state index in [9.17, 15) is 19.2 Å². The lowest BCUT2D eigenvalue weighted by atomic mass is 10.1. The van der Waals surface area contributed by atoms with E-state index in [0.29, 0.717) is 0 Å². The second kappa shape index (κ2) is 7.87. The van der Waals surface area contributed by atoms with Crippen molar-refractivity contribution in [2.75, 3.05) is 6.54 Å². The van der Waals surface area contributed by atoms with Gasteiger partial charge in [-0.15, -0.1) is 0 Å². The molecule has 5 N–H and O–H groups in total. The maximum atomic E-state index is 11.1. The summed E-state index contributed by atoms with van der Waals surface area (Å²) in [6.07, 6.45) is -0.171. The quantitative estimate of drug-likeness (QED) is 0.379. The van der Waals surface area contributed by atoms with Crippen LogP contribution >= 0.6 is 0 Å². The zero-order valence-electron chi connectivity index (χ0n) is 9.38. The minimum Gasteiger partial charge on any atom is -0.481 e. The minimum absolute atomic E-state index is 0.0534. The molecule has 9 nitrogen and oxygen atoms in total. The van der Waals surface area contributed by atoms with Crippen molar-refractivity contribution in [2.24, 2.45) is 0 Å². The molecule has 0 aliphatic heterocycles. The van der Waals surface area contributed by atoms with Gasteiger partial charge in [0.2, 0.25) is 0 Å². The molecular weight excluding hydrogens is 248 g/mol. The molecule has 0 spiro atoms. The average molecular weight is 262 g/mol. The van der Waals surface area contributed by atoms with Crippen LogP contribution in [0.4, 0.5) is 4.79 Å². The summed E-state index contributed by atoms with van der Waals surface area (Å²) in [6.45, 7) is -0.632. The Morgan fingerprint density at radius 1 is 1.00 bits per heavy atom. The Kier molecular flexibility index (Phi) is 6.86. The van der Waals surface area contributed by atoms with Crippen molar-refractivity contribution in [1.82, 2.24) is 10.6 Å². The zero-order chi connectivity index (χ0) is 14.1. The normalized spacial score (nSPS) is 11.3. The van der Waals surface area contributed by atoms with Gasteiger partial charge < -0.3 is 26.0 Å². The van der Waals surface area contributed by atoms with Crippen LogP contribution in [0.2, 0.25) is 0 Å². The van der Waals surface area contributed by atoms with Crippen LogP contribution in [0.5, 0.6) is 0 Å². The smallest absolute Gasteiger partial charge is 0.326 e. The zero-order valence-corrected chi connectivity index (χ0v) is 9.38. The third kappa shape index (κ3) is 7.91. The van der Waals surface area contributed by atoms with Crippen LogP contribution in [-0.4, -0.2) is 51.8 Å². The summed E-state index contributed by atoms with van der Waals surface area (Å²) >= 11 is 0. The van der Waals surface area contributed by atoms with Gasteiger partial charge in [-0.1, -0.05) is 0 Å². The second-order valence-electron chi connectivity index (χ2n) is 3.40. The summed E-state index contributed by atoms with van der Waals surface area (Å²) in [4.78, 5) is 42.2. The van der Waals surface area contributed by atoms with E-state index < -0.39 is 36.5 Å². The molecule has 2 amide bonds. The van der Waals surface area contributed by atoms with Gasteiger partial charge in [0.05, 0.1) is 0 Å². The molecule has 0 aliphatic rings. The Balaban J connectivity index is 4.10. The first-order chi connectivity index (χ1) is 8.32. The number of hydrogen-bond acceptors (Lipinski definition) is 4. The van der Waals surface area contributed by atoms with Gasteiger partial charge in [-0.05, 0) is 12.8 Å². The van der Waals surface area contributed by atoms with Crippen LogP contribution < -0.4 is 10.6 Å². The second-order valence-corrected chi connectivity index (χ2v) is 3.40. The standard InChI is InChI=1S/C9H14N2O7/c12-6(13)3-1-2-5(8(16)17)11-9(18)10-4-7(14)15/h5H,1-4H2,(H,12,13)(H,14,15)(H,16,17)(H2,10,11,18). The van der Waals surface area contributed by atoms with Gasteiger partial charge >= 0.3 is 23.9 Å². The third-order valence-corrected chi connectivity index (χ3v) is 1.89. The lowest BCUT2D eigenvalue weighted by Crippen LogP contribution is -2.47. The fraction of sp³-hybridized carbons (Fsp3) is 0.556. The summed E-state index contributed by atoms with van der Waals surface area (Å²) in [5, 5.41) is 29.4. The maximum absolute atomic E-state index is 11.1. The first-order valence-electron chi connectivity index (χ1n) is 5.03.